The molecule has 0 aliphatic carbocycles. The van der Waals surface area contributed by atoms with Crippen LogP contribution in [0.4, 0.5) is 5.82 Å². The molecule has 0 radical (unpaired) electrons. The van der Waals surface area contributed by atoms with E-state index in [0.717, 1.165) is 29.7 Å². The Balaban J connectivity index is 1.99. The summed E-state index contributed by atoms with van der Waals surface area (Å²) in [5.41, 5.74) is 12.0. The summed E-state index contributed by atoms with van der Waals surface area (Å²) in [4.78, 5) is 4.95. The smallest absolute Gasteiger partial charge is 0.147 e. The lowest BCUT2D eigenvalue weighted by atomic mass is 9.99. The number of rotatable bonds is 4. The maximum absolute atomic E-state index is 6.56. The predicted octanol–water partition coefficient (Wildman–Crippen LogP) is 5.63. The number of aromatic nitrogens is 2. The first kappa shape index (κ1) is 16.6. The maximum atomic E-state index is 6.56. The molecule has 0 amide bonds. The number of hydrogen-bond acceptors (Lipinski definition) is 2. The van der Waals surface area contributed by atoms with Gasteiger partial charge < -0.3 is 5.73 Å². The van der Waals surface area contributed by atoms with Crippen LogP contribution in [0.2, 0.25) is 0 Å². The largest absolute Gasteiger partial charge is 0.383 e. The number of nitrogen functional groups attached to an aromatic ring is 1. The molecule has 0 fully saturated rings. The topological polar surface area (TPSA) is 43.3 Å². The fourth-order valence-corrected chi connectivity index (χ4v) is 3.63. The van der Waals surface area contributed by atoms with Crippen LogP contribution in [-0.2, 0) is 6.42 Å². The van der Waals surface area contributed by atoms with Crippen molar-refractivity contribution in [2.24, 2.45) is 5.92 Å². The van der Waals surface area contributed by atoms with Gasteiger partial charge in [0, 0.05) is 17.1 Å². The molecular formula is C23H25N3. The van der Waals surface area contributed by atoms with Crippen molar-refractivity contribution in [2.45, 2.75) is 33.6 Å². The molecule has 0 aliphatic rings. The minimum atomic E-state index is 0.673. The third kappa shape index (κ3) is 2.74. The molecule has 0 bridgehead atoms. The van der Waals surface area contributed by atoms with Crippen LogP contribution in [0.25, 0.3) is 27.7 Å². The van der Waals surface area contributed by atoms with Crippen LogP contribution >= 0.6 is 0 Å². The van der Waals surface area contributed by atoms with Crippen molar-refractivity contribution in [1.82, 2.24) is 9.38 Å². The first-order chi connectivity index (χ1) is 12.6. The first-order valence-electron chi connectivity index (χ1n) is 9.30. The van der Waals surface area contributed by atoms with E-state index in [-0.39, 0.29) is 0 Å². The number of fused-ring (bicyclic) bond motifs is 3. The minimum Gasteiger partial charge on any atom is -0.383 e. The normalized spacial score (nSPS) is 11.7. The summed E-state index contributed by atoms with van der Waals surface area (Å²) in [6.07, 6.45) is 4.39. The lowest BCUT2D eigenvalue weighted by Crippen LogP contribution is -2.00. The van der Waals surface area contributed by atoms with Crippen molar-refractivity contribution >= 4 is 22.2 Å². The number of benzene rings is 2. The zero-order valence-corrected chi connectivity index (χ0v) is 15.7. The Labute approximate surface area is 154 Å². The molecule has 0 saturated carbocycles. The van der Waals surface area contributed by atoms with Gasteiger partial charge >= 0.3 is 0 Å². The number of hydrogen-bond donors (Lipinski definition) is 1. The van der Waals surface area contributed by atoms with Gasteiger partial charge in [-0.15, -0.1) is 0 Å². The van der Waals surface area contributed by atoms with Crippen LogP contribution in [0.15, 0.2) is 54.7 Å². The minimum absolute atomic E-state index is 0.673. The van der Waals surface area contributed by atoms with Crippen molar-refractivity contribution in [3.63, 3.8) is 0 Å². The van der Waals surface area contributed by atoms with Gasteiger partial charge in [-0.2, -0.15) is 0 Å². The molecule has 0 atom stereocenters. The fraction of sp³-hybridized carbons (Fsp3) is 0.261. The van der Waals surface area contributed by atoms with Gasteiger partial charge in [-0.1, -0.05) is 62.4 Å². The Morgan fingerprint density at radius 3 is 2.42 bits per heavy atom. The van der Waals surface area contributed by atoms with E-state index in [4.69, 9.17) is 10.7 Å². The number of anilines is 1. The van der Waals surface area contributed by atoms with Crippen molar-refractivity contribution < 1.29 is 0 Å². The summed E-state index contributed by atoms with van der Waals surface area (Å²) in [6.45, 7) is 6.64. The third-order valence-electron chi connectivity index (χ3n) is 5.14. The van der Waals surface area contributed by atoms with Gasteiger partial charge in [0.05, 0.1) is 0 Å². The standard InChI is InChI=1S/C23H25N3/c1-15(2)12-13-17-14-26-22(24)21(18-9-5-4-8-16(18)3)25-23(26)20-11-7-6-10-19(17)20/h4-11,14-15H,12-13,24H2,1-3H3. The predicted molar refractivity (Wildman–Crippen MR) is 110 cm³/mol. The molecule has 2 N–H and O–H groups in total. The summed E-state index contributed by atoms with van der Waals surface area (Å²) in [7, 11) is 0. The quantitative estimate of drug-likeness (QED) is 0.521. The van der Waals surface area contributed by atoms with Crippen molar-refractivity contribution in [3.05, 3.63) is 65.9 Å². The molecule has 0 aliphatic heterocycles. The molecular weight excluding hydrogens is 318 g/mol. The molecule has 132 valence electrons. The molecule has 2 aromatic heterocycles. The SMILES string of the molecule is Cc1ccccc1-c1nc2c3ccccc3c(CCC(C)C)cn2c1N. The van der Waals surface area contributed by atoms with Gasteiger partial charge in [-0.05, 0) is 42.2 Å². The summed E-state index contributed by atoms with van der Waals surface area (Å²) >= 11 is 0. The molecule has 0 unspecified atom stereocenters. The average molecular weight is 343 g/mol. The molecule has 3 heteroatoms. The van der Waals surface area contributed by atoms with Gasteiger partial charge in [0.1, 0.15) is 17.2 Å². The van der Waals surface area contributed by atoms with Gasteiger partial charge in [0.25, 0.3) is 0 Å². The molecule has 2 aromatic carbocycles. The van der Waals surface area contributed by atoms with Crippen LogP contribution in [-0.4, -0.2) is 9.38 Å². The van der Waals surface area contributed by atoms with E-state index in [1.807, 2.05) is 12.1 Å². The van der Waals surface area contributed by atoms with E-state index in [2.05, 4.69) is 67.8 Å². The maximum Gasteiger partial charge on any atom is 0.147 e. The first-order valence-corrected chi connectivity index (χ1v) is 9.30. The van der Waals surface area contributed by atoms with Crippen molar-refractivity contribution in [3.8, 4) is 11.3 Å². The van der Waals surface area contributed by atoms with E-state index in [0.29, 0.717) is 11.7 Å². The molecule has 2 heterocycles. The summed E-state index contributed by atoms with van der Waals surface area (Å²) < 4.78 is 2.07. The average Bonchev–Trinajstić information content (AvgIpc) is 2.97. The summed E-state index contributed by atoms with van der Waals surface area (Å²) in [6, 6.07) is 16.8. The zero-order chi connectivity index (χ0) is 18.3. The Kier molecular flexibility index (Phi) is 4.15. The molecule has 4 rings (SSSR count). The zero-order valence-electron chi connectivity index (χ0n) is 15.7. The summed E-state index contributed by atoms with van der Waals surface area (Å²) in [5.74, 6) is 1.39. The second kappa shape index (κ2) is 6.49. The van der Waals surface area contributed by atoms with Gasteiger partial charge in [-0.25, -0.2) is 4.98 Å². The Hall–Kier alpha value is -2.81. The molecule has 26 heavy (non-hydrogen) atoms. The third-order valence-corrected chi connectivity index (χ3v) is 5.14. The number of nitrogens with two attached hydrogens (primary N) is 1. The highest BCUT2D eigenvalue weighted by Crippen LogP contribution is 2.33. The van der Waals surface area contributed by atoms with E-state index >= 15 is 0 Å². The second-order valence-corrected chi connectivity index (χ2v) is 7.49. The van der Waals surface area contributed by atoms with Crippen LogP contribution in [0, 0.1) is 12.8 Å². The van der Waals surface area contributed by atoms with Gasteiger partial charge in [-0.3, -0.25) is 4.40 Å². The van der Waals surface area contributed by atoms with Crippen LogP contribution < -0.4 is 5.73 Å². The highest BCUT2D eigenvalue weighted by atomic mass is 15.1. The highest BCUT2D eigenvalue weighted by Gasteiger charge is 2.16. The van der Waals surface area contributed by atoms with E-state index in [1.165, 1.54) is 21.9 Å². The number of imidazole rings is 1. The van der Waals surface area contributed by atoms with E-state index in [9.17, 15) is 0 Å². The van der Waals surface area contributed by atoms with E-state index in [1.54, 1.807) is 0 Å². The highest BCUT2D eigenvalue weighted by molar-refractivity contribution is 5.98. The van der Waals surface area contributed by atoms with Crippen molar-refractivity contribution in [2.75, 3.05) is 5.73 Å². The number of aryl methyl sites for hydroxylation is 2. The monoisotopic (exact) mass is 343 g/mol. The second-order valence-electron chi connectivity index (χ2n) is 7.49. The van der Waals surface area contributed by atoms with E-state index < -0.39 is 0 Å². The number of pyridine rings is 1. The fourth-order valence-electron chi connectivity index (χ4n) is 3.63. The lowest BCUT2D eigenvalue weighted by molar-refractivity contribution is 0.587. The van der Waals surface area contributed by atoms with Crippen LogP contribution in [0.5, 0.6) is 0 Å². The molecule has 3 nitrogen and oxygen atoms in total. The van der Waals surface area contributed by atoms with Gasteiger partial charge in [0.15, 0.2) is 0 Å². The number of nitrogens with zero attached hydrogens (tertiary/aromatic N) is 2. The van der Waals surface area contributed by atoms with Crippen LogP contribution in [0.3, 0.4) is 0 Å². The Morgan fingerprint density at radius 1 is 1.00 bits per heavy atom. The van der Waals surface area contributed by atoms with Gasteiger partial charge in [0.2, 0.25) is 0 Å². The molecule has 0 spiro atoms. The van der Waals surface area contributed by atoms with Crippen molar-refractivity contribution in [1.29, 1.82) is 0 Å². The van der Waals surface area contributed by atoms with Crippen LogP contribution in [0.1, 0.15) is 31.4 Å². The summed E-state index contributed by atoms with van der Waals surface area (Å²) in [5, 5.41) is 2.45. The Morgan fingerprint density at radius 2 is 1.69 bits per heavy atom. The molecule has 4 aromatic rings. The molecule has 0 saturated heterocycles. The lowest BCUT2D eigenvalue weighted by Gasteiger charge is -2.11. The Bertz CT molecular complexity index is 1090.